The topological polar surface area (TPSA) is 17.1 Å². The van der Waals surface area contributed by atoms with E-state index in [1.54, 1.807) is 6.08 Å². The van der Waals surface area contributed by atoms with Crippen molar-refractivity contribution in [2.75, 3.05) is 0 Å². The maximum Gasteiger partial charge on any atom is 0.155 e. The monoisotopic (exact) mass is 168 g/mol. The molecule has 12 heavy (non-hydrogen) atoms. The lowest BCUT2D eigenvalue weighted by Crippen LogP contribution is -2.02. The summed E-state index contributed by atoms with van der Waals surface area (Å²) in [5.74, 6) is 0.821. The number of ketones is 1. The fraction of sp³-hybridized carbons (Fsp3) is 0.727. The molecule has 1 heteroatoms. The average Bonchev–Trinajstić information content (AvgIpc) is 2.01. The largest absolute Gasteiger partial charge is 0.295 e. The normalized spacial score (nSPS) is 13.6. The lowest BCUT2D eigenvalue weighted by molar-refractivity contribution is -0.115. The molecule has 0 N–H and O–H groups in total. The molecule has 0 aliphatic heterocycles. The number of hydrogen-bond donors (Lipinski definition) is 0. The van der Waals surface area contributed by atoms with E-state index in [1.165, 1.54) is 6.42 Å². The van der Waals surface area contributed by atoms with Gasteiger partial charge in [0.05, 0.1) is 0 Å². The summed E-state index contributed by atoms with van der Waals surface area (Å²) in [5, 5.41) is 0. The van der Waals surface area contributed by atoms with Gasteiger partial charge in [0.25, 0.3) is 0 Å². The molecule has 0 radical (unpaired) electrons. The van der Waals surface area contributed by atoms with Crippen molar-refractivity contribution < 1.29 is 4.79 Å². The third-order valence-electron chi connectivity index (χ3n) is 1.87. The predicted octanol–water partition coefficient (Wildman–Crippen LogP) is 3.35. The van der Waals surface area contributed by atoms with Crippen molar-refractivity contribution in [2.24, 2.45) is 5.92 Å². The van der Waals surface area contributed by atoms with Gasteiger partial charge in [0.15, 0.2) is 5.78 Å². The van der Waals surface area contributed by atoms with Gasteiger partial charge in [0, 0.05) is 6.42 Å². The Balaban J connectivity index is 3.61. The average molecular weight is 168 g/mol. The Labute approximate surface area is 75.9 Å². The van der Waals surface area contributed by atoms with Gasteiger partial charge in [-0.25, -0.2) is 0 Å². The molecule has 0 aromatic rings. The van der Waals surface area contributed by atoms with Crippen LogP contribution in [0.15, 0.2) is 12.2 Å². The first-order chi connectivity index (χ1) is 5.70. The van der Waals surface area contributed by atoms with Crippen LogP contribution >= 0.6 is 0 Å². The second-order valence-corrected chi connectivity index (χ2v) is 3.37. The Bertz CT molecular complexity index is 147. The highest BCUT2D eigenvalue weighted by atomic mass is 16.1. The predicted molar refractivity (Wildman–Crippen MR) is 53.1 cm³/mol. The van der Waals surface area contributed by atoms with Crippen LogP contribution in [0.5, 0.6) is 0 Å². The lowest BCUT2D eigenvalue weighted by atomic mass is 9.99. The van der Waals surface area contributed by atoms with Gasteiger partial charge < -0.3 is 0 Å². The second kappa shape index (κ2) is 7.08. The molecule has 0 bridgehead atoms. The molecule has 0 heterocycles. The van der Waals surface area contributed by atoms with Crippen molar-refractivity contribution in [1.29, 1.82) is 0 Å². The van der Waals surface area contributed by atoms with Crippen molar-refractivity contribution >= 4 is 5.78 Å². The van der Waals surface area contributed by atoms with E-state index in [0.29, 0.717) is 12.3 Å². The number of hydrogen-bond acceptors (Lipinski definition) is 1. The van der Waals surface area contributed by atoms with Gasteiger partial charge in [-0.15, -0.1) is 0 Å². The van der Waals surface area contributed by atoms with Gasteiger partial charge in [-0.3, -0.25) is 4.79 Å². The molecule has 0 saturated carbocycles. The zero-order valence-electron chi connectivity index (χ0n) is 8.47. The van der Waals surface area contributed by atoms with Crippen molar-refractivity contribution in [1.82, 2.24) is 0 Å². The van der Waals surface area contributed by atoms with Crippen molar-refractivity contribution in [2.45, 2.75) is 46.5 Å². The fourth-order valence-electron chi connectivity index (χ4n) is 1.26. The van der Waals surface area contributed by atoms with E-state index < -0.39 is 0 Å². The summed E-state index contributed by atoms with van der Waals surface area (Å²) in [4.78, 5) is 11.2. The first kappa shape index (κ1) is 11.4. The molecule has 0 aromatic heterocycles. The van der Waals surface area contributed by atoms with E-state index in [-0.39, 0.29) is 5.78 Å². The smallest absolute Gasteiger partial charge is 0.155 e. The molecule has 0 aromatic carbocycles. The van der Waals surface area contributed by atoms with Gasteiger partial charge in [-0.05, 0) is 18.4 Å². The van der Waals surface area contributed by atoms with Crippen LogP contribution in [0.4, 0.5) is 0 Å². The van der Waals surface area contributed by atoms with Crippen molar-refractivity contribution in [3.63, 3.8) is 0 Å². The maximum atomic E-state index is 11.2. The van der Waals surface area contributed by atoms with E-state index >= 15 is 0 Å². The maximum absolute atomic E-state index is 11.2. The van der Waals surface area contributed by atoms with Crippen molar-refractivity contribution in [3.8, 4) is 0 Å². The van der Waals surface area contributed by atoms with Gasteiger partial charge in [-0.2, -0.15) is 0 Å². The Morgan fingerprint density at radius 2 is 2.08 bits per heavy atom. The van der Waals surface area contributed by atoms with Gasteiger partial charge in [0.1, 0.15) is 0 Å². The van der Waals surface area contributed by atoms with Gasteiger partial charge >= 0.3 is 0 Å². The van der Waals surface area contributed by atoms with E-state index in [2.05, 4.69) is 13.8 Å². The Morgan fingerprint density at radius 1 is 1.42 bits per heavy atom. The van der Waals surface area contributed by atoms with E-state index in [9.17, 15) is 4.79 Å². The molecule has 0 spiro atoms. The van der Waals surface area contributed by atoms with Crippen LogP contribution in [0.25, 0.3) is 0 Å². The zero-order chi connectivity index (χ0) is 9.40. The SMILES string of the molecule is CC/C=C/C(=O)CC(C)CCC. The van der Waals surface area contributed by atoms with Crippen LogP contribution in [0.2, 0.25) is 0 Å². The summed E-state index contributed by atoms with van der Waals surface area (Å²) in [7, 11) is 0. The summed E-state index contributed by atoms with van der Waals surface area (Å²) in [6.45, 7) is 6.34. The molecule has 0 amide bonds. The molecule has 0 aliphatic rings. The highest BCUT2D eigenvalue weighted by Crippen LogP contribution is 2.10. The van der Waals surface area contributed by atoms with Gasteiger partial charge in [0.2, 0.25) is 0 Å². The molecule has 0 rings (SSSR count). The summed E-state index contributed by atoms with van der Waals surface area (Å²) in [5.41, 5.74) is 0. The minimum Gasteiger partial charge on any atom is -0.295 e. The molecule has 1 atom stereocenters. The quantitative estimate of drug-likeness (QED) is 0.556. The number of carbonyl (C=O) groups is 1. The first-order valence-electron chi connectivity index (χ1n) is 4.90. The second-order valence-electron chi connectivity index (χ2n) is 3.37. The summed E-state index contributed by atoms with van der Waals surface area (Å²) >= 11 is 0. The highest BCUT2D eigenvalue weighted by molar-refractivity contribution is 5.89. The summed E-state index contributed by atoms with van der Waals surface area (Å²) in [6, 6.07) is 0. The van der Waals surface area contributed by atoms with Crippen LogP contribution in [0.1, 0.15) is 46.5 Å². The highest BCUT2D eigenvalue weighted by Gasteiger charge is 2.04. The van der Waals surface area contributed by atoms with Crippen LogP contribution in [-0.4, -0.2) is 5.78 Å². The van der Waals surface area contributed by atoms with Gasteiger partial charge in [-0.1, -0.05) is 39.7 Å². The van der Waals surface area contributed by atoms with E-state index in [1.807, 2.05) is 13.0 Å². The summed E-state index contributed by atoms with van der Waals surface area (Å²) in [6.07, 6.45) is 7.64. The first-order valence-corrected chi connectivity index (χ1v) is 4.90. The van der Waals surface area contributed by atoms with Crippen molar-refractivity contribution in [3.05, 3.63) is 12.2 Å². The Kier molecular flexibility index (Phi) is 6.73. The number of allylic oxidation sites excluding steroid dienone is 2. The molecule has 0 fully saturated rings. The third-order valence-corrected chi connectivity index (χ3v) is 1.87. The molecule has 1 unspecified atom stereocenters. The Morgan fingerprint density at radius 3 is 2.58 bits per heavy atom. The third kappa shape index (κ3) is 6.14. The van der Waals surface area contributed by atoms with Crippen LogP contribution in [0.3, 0.4) is 0 Å². The molecular formula is C11H20O. The number of rotatable bonds is 6. The van der Waals surface area contributed by atoms with E-state index in [4.69, 9.17) is 0 Å². The Hall–Kier alpha value is -0.590. The molecule has 0 saturated heterocycles. The molecule has 70 valence electrons. The lowest BCUT2D eigenvalue weighted by Gasteiger charge is -2.05. The zero-order valence-corrected chi connectivity index (χ0v) is 8.47. The minimum atomic E-state index is 0.276. The van der Waals surface area contributed by atoms with Crippen LogP contribution < -0.4 is 0 Å². The number of carbonyl (C=O) groups excluding carboxylic acids is 1. The van der Waals surface area contributed by atoms with Crippen LogP contribution in [0, 0.1) is 5.92 Å². The molecule has 0 aliphatic carbocycles. The fourth-order valence-corrected chi connectivity index (χ4v) is 1.26. The summed E-state index contributed by atoms with van der Waals surface area (Å²) < 4.78 is 0. The van der Waals surface area contributed by atoms with Crippen LogP contribution in [-0.2, 0) is 4.79 Å². The molecule has 1 nitrogen and oxygen atoms in total. The van der Waals surface area contributed by atoms with E-state index in [0.717, 1.165) is 12.8 Å². The minimum absolute atomic E-state index is 0.276. The molecular weight excluding hydrogens is 148 g/mol. The standard InChI is InChI=1S/C11H20O/c1-4-6-8-11(12)9-10(3)7-5-2/h6,8,10H,4-5,7,9H2,1-3H3/b8-6+.